The van der Waals surface area contributed by atoms with Crippen molar-refractivity contribution < 1.29 is 0 Å². The van der Waals surface area contributed by atoms with Crippen LogP contribution in [0.4, 0.5) is 0 Å². The van der Waals surface area contributed by atoms with E-state index in [9.17, 15) is 0 Å². The summed E-state index contributed by atoms with van der Waals surface area (Å²) in [6.07, 6.45) is 7.11. The minimum atomic E-state index is 0.713. The monoisotopic (exact) mass is 238 g/mol. The first-order chi connectivity index (χ1) is 7.90. The van der Waals surface area contributed by atoms with Crippen LogP contribution in [-0.2, 0) is 12.4 Å². The van der Waals surface area contributed by atoms with Crippen molar-refractivity contribution in [1.82, 2.24) is 29.5 Å². The Morgan fingerprint density at radius 3 is 3.00 bits per heavy atom. The molecule has 0 N–H and O–H groups in total. The van der Waals surface area contributed by atoms with Gasteiger partial charge in [-0.15, -0.1) is 0 Å². The van der Waals surface area contributed by atoms with Gasteiger partial charge >= 0.3 is 0 Å². The number of unbranched alkanes of at least 4 members (excludes halogenated alkanes) is 1. The number of rotatable bonds is 6. The summed E-state index contributed by atoms with van der Waals surface area (Å²) in [6.45, 7) is 3.09. The van der Waals surface area contributed by atoms with Crippen LogP contribution in [0.1, 0.15) is 19.8 Å². The van der Waals surface area contributed by atoms with Crippen LogP contribution in [0.5, 0.6) is 0 Å². The van der Waals surface area contributed by atoms with E-state index in [1.165, 1.54) is 6.33 Å². The Morgan fingerprint density at radius 1 is 1.31 bits per heavy atom. The van der Waals surface area contributed by atoms with Crippen LogP contribution in [0.3, 0.4) is 0 Å². The molecule has 0 atom stereocenters. The molecule has 0 aromatic carbocycles. The Labute approximate surface area is 98.1 Å². The normalized spacial score (nSPS) is 10.8. The minimum absolute atomic E-state index is 0.713. The molecule has 16 heavy (non-hydrogen) atoms. The van der Waals surface area contributed by atoms with E-state index in [1.54, 1.807) is 29.1 Å². The average molecular weight is 238 g/mol. The highest BCUT2D eigenvalue weighted by molar-refractivity contribution is 7.98. The van der Waals surface area contributed by atoms with Crippen LogP contribution in [-0.4, -0.2) is 29.5 Å². The quantitative estimate of drug-likeness (QED) is 0.712. The third kappa shape index (κ3) is 2.82. The molecule has 0 saturated heterocycles. The van der Waals surface area contributed by atoms with Crippen molar-refractivity contribution in [1.29, 1.82) is 0 Å². The van der Waals surface area contributed by atoms with Crippen molar-refractivity contribution in [3.63, 3.8) is 0 Å². The number of nitrogens with zero attached hydrogens (tertiary/aromatic N) is 6. The van der Waals surface area contributed by atoms with Gasteiger partial charge in [-0.1, -0.05) is 25.1 Å². The number of hydrogen-bond acceptors (Lipinski definition) is 5. The first kappa shape index (κ1) is 11.1. The second kappa shape index (κ2) is 5.64. The smallest absolute Gasteiger partial charge is 0.187 e. The summed E-state index contributed by atoms with van der Waals surface area (Å²) in [6, 6.07) is 0. The van der Waals surface area contributed by atoms with Crippen molar-refractivity contribution in [3.8, 4) is 0 Å². The van der Waals surface area contributed by atoms with E-state index < -0.39 is 0 Å². The molecular weight excluding hydrogens is 224 g/mol. The van der Waals surface area contributed by atoms with Crippen molar-refractivity contribution >= 4 is 11.8 Å². The first-order valence-electron chi connectivity index (χ1n) is 5.23. The molecule has 2 heterocycles. The predicted octanol–water partition coefficient (Wildman–Crippen LogP) is 1.42. The average Bonchev–Trinajstić information content (AvgIpc) is 2.94. The molecular formula is C9H14N6S. The number of aryl methyl sites for hydroxylation is 1. The molecule has 0 unspecified atom stereocenters. The molecule has 0 fully saturated rings. The highest BCUT2D eigenvalue weighted by atomic mass is 32.2. The molecule has 2 aromatic heterocycles. The molecule has 0 aliphatic carbocycles. The zero-order valence-corrected chi connectivity index (χ0v) is 9.97. The molecule has 0 amide bonds. The molecule has 86 valence electrons. The third-order valence-corrected chi connectivity index (χ3v) is 3.06. The van der Waals surface area contributed by atoms with Crippen LogP contribution in [0.25, 0.3) is 0 Å². The molecule has 0 aliphatic heterocycles. The standard InChI is InChI=1S/C9H14N6S/c1-2-3-4-15-9(11-6-13-15)16-8-14-7-10-5-12-14/h5-7H,2-4,8H2,1H3. The minimum Gasteiger partial charge on any atom is -0.243 e. The first-order valence-corrected chi connectivity index (χ1v) is 6.21. The Kier molecular flexibility index (Phi) is 3.92. The molecule has 0 radical (unpaired) electrons. The lowest BCUT2D eigenvalue weighted by molar-refractivity contribution is 0.526. The molecule has 0 bridgehead atoms. The summed E-state index contributed by atoms with van der Waals surface area (Å²) < 4.78 is 3.70. The van der Waals surface area contributed by atoms with Crippen molar-refractivity contribution in [3.05, 3.63) is 19.0 Å². The summed E-state index contributed by atoms with van der Waals surface area (Å²) in [4.78, 5) is 8.11. The van der Waals surface area contributed by atoms with Crippen molar-refractivity contribution in [2.75, 3.05) is 0 Å². The van der Waals surface area contributed by atoms with Gasteiger partial charge in [0, 0.05) is 6.54 Å². The maximum Gasteiger partial charge on any atom is 0.187 e. The summed E-state index contributed by atoms with van der Waals surface area (Å²) in [5, 5.41) is 9.16. The van der Waals surface area contributed by atoms with E-state index in [-0.39, 0.29) is 0 Å². The molecule has 2 rings (SSSR count). The van der Waals surface area contributed by atoms with Gasteiger partial charge in [0.15, 0.2) is 5.16 Å². The molecule has 6 nitrogen and oxygen atoms in total. The van der Waals surface area contributed by atoms with Crippen LogP contribution in [0.2, 0.25) is 0 Å². The number of thioether (sulfide) groups is 1. The van der Waals surface area contributed by atoms with Gasteiger partial charge in [-0.05, 0) is 6.42 Å². The van der Waals surface area contributed by atoms with E-state index >= 15 is 0 Å². The molecule has 0 aliphatic rings. The summed E-state index contributed by atoms with van der Waals surface area (Å²) in [5.74, 6) is 0.713. The predicted molar refractivity (Wildman–Crippen MR) is 60.8 cm³/mol. The van der Waals surface area contributed by atoms with E-state index in [4.69, 9.17) is 0 Å². The molecule has 2 aromatic rings. The fourth-order valence-electron chi connectivity index (χ4n) is 1.25. The molecule has 7 heteroatoms. The van der Waals surface area contributed by atoms with E-state index in [2.05, 4.69) is 27.1 Å². The SMILES string of the molecule is CCCCn1ncnc1SCn1cncn1. The summed E-state index contributed by atoms with van der Waals surface area (Å²) >= 11 is 1.61. The maximum atomic E-state index is 4.22. The van der Waals surface area contributed by atoms with E-state index in [1.807, 2.05) is 4.68 Å². The van der Waals surface area contributed by atoms with Gasteiger partial charge in [-0.3, -0.25) is 0 Å². The largest absolute Gasteiger partial charge is 0.243 e. The van der Waals surface area contributed by atoms with Crippen LogP contribution in [0.15, 0.2) is 24.1 Å². The van der Waals surface area contributed by atoms with E-state index in [0.717, 1.165) is 24.5 Å². The summed E-state index contributed by atoms with van der Waals surface area (Å²) in [5.41, 5.74) is 0. The Bertz CT molecular complexity index is 409. The van der Waals surface area contributed by atoms with Gasteiger partial charge in [0.25, 0.3) is 0 Å². The molecule has 0 saturated carbocycles. The van der Waals surface area contributed by atoms with Gasteiger partial charge in [-0.25, -0.2) is 19.3 Å². The fraction of sp³-hybridized carbons (Fsp3) is 0.556. The number of hydrogen-bond donors (Lipinski definition) is 0. The van der Waals surface area contributed by atoms with Crippen molar-refractivity contribution in [2.45, 2.75) is 37.3 Å². The Hall–Kier alpha value is -1.37. The zero-order chi connectivity index (χ0) is 11.2. The van der Waals surface area contributed by atoms with Crippen molar-refractivity contribution in [2.24, 2.45) is 0 Å². The lowest BCUT2D eigenvalue weighted by Gasteiger charge is -2.04. The Morgan fingerprint density at radius 2 is 2.25 bits per heavy atom. The van der Waals surface area contributed by atoms with Gasteiger partial charge in [0.05, 0.1) is 5.88 Å². The van der Waals surface area contributed by atoms with Crippen LogP contribution in [0, 0.1) is 0 Å². The topological polar surface area (TPSA) is 61.4 Å². The van der Waals surface area contributed by atoms with Gasteiger partial charge in [0.2, 0.25) is 0 Å². The van der Waals surface area contributed by atoms with Crippen LogP contribution < -0.4 is 0 Å². The number of aromatic nitrogens is 6. The third-order valence-electron chi connectivity index (χ3n) is 2.10. The highest BCUT2D eigenvalue weighted by Crippen LogP contribution is 2.16. The Balaban J connectivity index is 1.91. The second-order valence-electron chi connectivity index (χ2n) is 3.33. The van der Waals surface area contributed by atoms with Crippen LogP contribution >= 0.6 is 11.8 Å². The lowest BCUT2D eigenvalue weighted by atomic mass is 10.3. The molecule has 0 spiro atoms. The van der Waals surface area contributed by atoms with Gasteiger partial charge < -0.3 is 0 Å². The van der Waals surface area contributed by atoms with Gasteiger partial charge in [-0.2, -0.15) is 10.2 Å². The van der Waals surface area contributed by atoms with E-state index in [0.29, 0.717) is 5.88 Å². The lowest BCUT2D eigenvalue weighted by Crippen LogP contribution is -2.03. The second-order valence-corrected chi connectivity index (χ2v) is 4.24. The zero-order valence-electron chi connectivity index (χ0n) is 9.15. The highest BCUT2D eigenvalue weighted by Gasteiger charge is 2.04. The summed E-state index contributed by atoms with van der Waals surface area (Å²) in [7, 11) is 0. The maximum absolute atomic E-state index is 4.22. The fourth-order valence-corrected chi connectivity index (χ4v) is 2.04. The van der Waals surface area contributed by atoms with Gasteiger partial charge in [0.1, 0.15) is 19.0 Å².